The zero-order valence-corrected chi connectivity index (χ0v) is 13.4. The topological polar surface area (TPSA) is 96.4 Å². The molecule has 0 aliphatic carbocycles. The molecule has 21 heavy (non-hydrogen) atoms. The van der Waals surface area contributed by atoms with Gasteiger partial charge < -0.3 is 5.11 Å². The van der Waals surface area contributed by atoms with Gasteiger partial charge in [-0.05, 0) is 18.2 Å². The molecule has 0 spiro atoms. The van der Waals surface area contributed by atoms with E-state index in [1.165, 1.54) is 23.6 Å². The fraction of sp³-hybridized carbons (Fsp3) is 0.0909. The minimum Gasteiger partial charge on any atom is -0.481 e. The molecule has 0 saturated heterocycles. The molecule has 2 rings (SSSR count). The SMILES string of the molecule is O=C(O)Cc1csc(NS(=O)(=O)c2ccc(Cl)c(Cl)c2)n1. The van der Waals surface area contributed by atoms with Crippen molar-refractivity contribution in [3.8, 4) is 0 Å². The normalized spacial score (nSPS) is 11.3. The number of thiazole rings is 1. The van der Waals surface area contributed by atoms with Crippen molar-refractivity contribution in [2.45, 2.75) is 11.3 Å². The van der Waals surface area contributed by atoms with Crippen LogP contribution in [0, 0.1) is 0 Å². The first kappa shape index (κ1) is 16.0. The number of nitrogens with one attached hydrogen (secondary N) is 1. The number of anilines is 1. The zero-order valence-electron chi connectivity index (χ0n) is 10.2. The van der Waals surface area contributed by atoms with Crippen LogP contribution in [0.4, 0.5) is 5.13 Å². The lowest BCUT2D eigenvalue weighted by atomic mass is 10.3. The van der Waals surface area contributed by atoms with Crippen molar-refractivity contribution in [1.29, 1.82) is 0 Å². The zero-order chi connectivity index (χ0) is 15.6. The average molecular weight is 367 g/mol. The van der Waals surface area contributed by atoms with Crippen LogP contribution >= 0.6 is 34.5 Å². The Kier molecular flexibility index (Phi) is 4.72. The van der Waals surface area contributed by atoms with Crippen LogP contribution in [0.1, 0.15) is 5.69 Å². The van der Waals surface area contributed by atoms with Gasteiger partial charge in [-0.1, -0.05) is 23.2 Å². The molecule has 0 saturated carbocycles. The maximum Gasteiger partial charge on any atom is 0.309 e. The Balaban J connectivity index is 2.22. The highest BCUT2D eigenvalue weighted by Crippen LogP contribution is 2.26. The number of nitrogens with zero attached hydrogens (tertiary/aromatic N) is 1. The van der Waals surface area contributed by atoms with Gasteiger partial charge in [0.15, 0.2) is 5.13 Å². The summed E-state index contributed by atoms with van der Waals surface area (Å²) < 4.78 is 26.5. The van der Waals surface area contributed by atoms with Gasteiger partial charge in [0.25, 0.3) is 10.0 Å². The molecule has 0 unspecified atom stereocenters. The summed E-state index contributed by atoms with van der Waals surface area (Å²) >= 11 is 12.5. The molecule has 0 bridgehead atoms. The number of aromatic nitrogens is 1. The molecule has 0 aliphatic heterocycles. The number of carboxylic acid groups (broad SMARTS) is 1. The van der Waals surface area contributed by atoms with Crippen molar-refractivity contribution in [2.24, 2.45) is 0 Å². The second-order valence-electron chi connectivity index (χ2n) is 3.90. The number of hydrogen-bond acceptors (Lipinski definition) is 5. The molecule has 1 heterocycles. The van der Waals surface area contributed by atoms with Crippen molar-refractivity contribution in [2.75, 3.05) is 4.72 Å². The quantitative estimate of drug-likeness (QED) is 0.847. The molecule has 0 atom stereocenters. The molecule has 6 nitrogen and oxygen atoms in total. The standard InChI is InChI=1S/C11H8Cl2N2O4S2/c12-8-2-1-7(4-9(8)13)21(18,19)15-11-14-6(5-20-11)3-10(16)17/h1-2,4-5H,3H2,(H,14,15)(H,16,17). The van der Waals surface area contributed by atoms with Crippen molar-refractivity contribution in [3.63, 3.8) is 0 Å². The first-order valence-electron chi connectivity index (χ1n) is 5.42. The van der Waals surface area contributed by atoms with E-state index in [-0.39, 0.29) is 32.2 Å². The van der Waals surface area contributed by atoms with Gasteiger partial charge in [0.05, 0.1) is 27.1 Å². The van der Waals surface area contributed by atoms with E-state index >= 15 is 0 Å². The van der Waals surface area contributed by atoms with Crippen LogP contribution < -0.4 is 4.72 Å². The van der Waals surface area contributed by atoms with E-state index in [1.54, 1.807) is 0 Å². The average Bonchev–Trinajstić information content (AvgIpc) is 2.78. The van der Waals surface area contributed by atoms with E-state index in [2.05, 4.69) is 9.71 Å². The van der Waals surface area contributed by atoms with Crippen LogP contribution in [0.5, 0.6) is 0 Å². The molecule has 0 fully saturated rings. The summed E-state index contributed by atoms with van der Waals surface area (Å²) in [5.41, 5.74) is 0.277. The second kappa shape index (κ2) is 6.18. The monoisotopic (exact) mass is 366 g/mol. The lowest BCUT2D eigenvalue weighted by Crippen LogP contribution is -2.13. The van der Waals surface area contributed by atoms with Crippen molar-refractivity contribution >= 4 is 55.7 Å². The van der Waals surface area contributed by atoms with E-state index in [0.717, 1.165) is 11.3 Å². The highest BCUT2D eigenvalue weighted by molar-refractivity contribution is 7.93. The van der Waals surface area contributed by atoms with Gasteiger partial charge in [0.1, 0.15) is 0 Å². The molecule has 0 radical (unpaired) electrons. The minimum absolute atomic E-state index is 0.0631. The summed E-state index contributed by atoms with van der Waals surface area (Å²) in [5, 5.41) is 10.6. The molecule has 112 valence electrons. The number of carbonyl (C=O) groups is 1. The first-order chi connectivity index (χ1) is 9.78. The lowest BCUT2D eigenvalue weighted by Gasteiger charge is -2.06. The number of hydrogen-bond donors (Lipinski definition) is 2. The van der Waals surface area contributed by atoms with Gasteiger partial charge >= 0.3 is 5.97 Å². The maximum absolute atomic E-state index is 12.1. The molecule has 10 heteroatoms. The Bertz CT molecular complexity index is 789. The van der Waals surface area contributed by atoms with Crippen LogP contribution in [0.2, 0.25) is 10.0 Å². The van der Waals surface area contributed by atoms with E-state index in [9.17, 15) is 13.2 Å². The van der Waals surface area contributed by atoms with Gasteiger partial charge in [-0.15, -0.1) is 11.3 Å². The number of aliphatic carboxylic acids is 1. The molecule has 1 aromatic carbocycles. The Morgan fingerprint density at radius 2 is 2.05 bits per heavy atom. The van der Waals surface area contributed by atoms with Crippen LogP contribution in [0.25, 0.3) is 0 Å². The molecular weight excluding hydrogens is 359 g/mol. The largest absolute Gasteiger partial charge is 0.481 e. The summed E-state index contributed by atoms with van der Waals surface area (Å²) in [6.45, 7) is 0. The smallest absolute Gasteiger partial charge is 0.309 e. The minimum atomic E-state index is -3.86. The van der Waals surface area contributed by atoms with E-state index in [1.807, 2.05) is 0 Å². The van der Waals surface area contributed by atoms with Gasteiger partial charge in [-0.2, -0.15) is 0 Å². The fourth-order valence-corrected chi connectivity index (χ4v) is 3.76. The van der Waals surface area contributed by atoms with E-state index in [4.69, 9.17) is 28.3 Å². The van der Waals surface area contributed by atoms with Gasteiger partial charge in [0.2, 0.25) is 0 Å². The van der Waals surface area contributed by atoms with E-state index in [0.29, 0.717) is 0 Å². The van der Waals surface area contributed by atoms with Crippen LogP contribution in [0.3, 0.4) is 0 Å². The van der Waals surface area contributed by atoms with Crippen LogP contribution in [-0.2, 0) is 21.2 Å². The predicted octanol–water partition coefficient (Wildman–Crippen LogP) is 2.88. The summed E-state index contributed by atoms with van der Waals surface area (Å²) in [5.74, 6) is -1.04. The van der Waals surface area contributed by atoms with Crippen LogP contribution in [-0.4, -0.2) is 24.5 Å². The lowest BCUT2D eigenvalue weighted by molar-refractivity contribution is -0.136. The third-order valence-electron chi connectivity index (χ3n) is 2.31. The third kappa shape index (κ3) is 4.07. The highest BCUT2D eigenvalue weighted by atomic mass is 35.5. The number of carboxylic acids is 1. The van der Waals surface area contributed by atoms with Crippen molar-refractivity contribution in [3.05, 3.63) is 39.3 Å². The number of benzene rings is 1. The molecule has 1 aromatic heterocycles. The summed E-state index contributed by atoms with van der Waals surface area (Å²) in [7, 11) is -3.86. The summed E-state index contributed by atoms with van der Waals surface area (Å²) in [6, 6.07) is 3.90. The Morgan fingerprint density at radius 1 is 1.33 bits per heavy atom. The maximum atomic E-state index is 12.1. The highest BCUT2D eigenvalue weighted by Gasteiger charge is 2.17. The van der Waals surface area contributed by atoms with E-state index < -0.39 is 16.0 Å². The molecular formula is C11H8Cl2N2O4S2. The molecule has 2 N–H and O–H groups in total. The number of halogens is 2. The van der Waals surface area contributed by atoms with Gasteiger partial charge in [0, 0.05) is 5.38 Å². The van der Waals surface area contributed by atoms with Crippen molar-refractivity contribution < 1.29 is 18.3 Å². The summed E-state index contributed by atoms with van der Waals surface area (Å²) in [6.07, 6.45) is -0.273. The molecule has 0 amide bonds. The fourth-order valence-electron chi connectivity index (χ4n) is 1.41. The second-order valence-corrected chi connectivity index (χ2v) is 7.25. The Hall–Kier alpha value is -1.35. The number of sulfonamides is 1. The Morgan fingerprint density at radius 3 is 2.67 bits per heavy atom. The predicted molar refractivity (Wildman–Crippen MR) is 80.7 cm³/mol. The van der Waals surface area contributed by atoms with Gasteiger partial charge in [-0.3, -0.25) is 9.52 Å². The van der Waals surface area contributed by atoms with Crippen molar-refractivity contribution in [1.82, 2.24) is 4.98 Å². The molecule has 2 aromatic rings. The van der Waals surface area contributed by atoms with Crippen LogP contribution in [0.15, 0.2) is 28.5 Å². The third-order valence-corrected chi connectivity index (χ3v) is 5.32. The Labute approximate surface area is 134 Å². The van der Waals surface area contributed by atoms with Gasteiger partial charge in [-0.25, -0.2) is 13.4 Å². The summed E-state index contributed by atoms with van der Waals surface area (Å²) in [4.78, 5) is 14.4. The molecule has 0 aliphatic rings. The number of rotatable bonds is 5. The first-order valence-corrected chi connectivity index (χ1v) is 8.54.